The molecule has 0 aliphatic carbocycles. The van der Waals surface area contributed by atoms with E-state index in [4.69, 9.17) is 16.7 Å². The molecule has 2 nitrogen and oxygen atoms in total. The monoisotopic (exact) mass is 247 g/mol. The average Bonchev–Trinajstić information content (AvgIpc) is 2.51. The first-order chi connectivity index (χ1) is 7.03. The summed E-state index contributed by atoms with van der Waals surface area (Å²) in [7, 11) is 0. The standard InChI is InChI=1S/C11H18ClNOS/c1-11(2,3-4-14)8-13-6-10-5-9(12)7-15-10/h5,7,13-14H,3-4,6,8H2,1-2H3. The summed E-state index contributed by atoms with van der Waals surface area (Å²) in [4.78, 5) is 1.25. The Hall–Kier alpha value is -0.0900. The van der Waals surface area contributed by atoms with E-state index in [2.05, 4.69) is 19.2 Å². The fourth-order valence-corrected chi connectivity index (χ4v) is 2.40. The lowest BCUT2D eigenvalue weighted by Crippen LogP contribution is -2.29. The Bertz CT molecular complexity index is 299. The largest absolute Gasteiger partial charge is 0.396 e. The van der Waals surface area contributed by atoms with Crippen LogP contribution in [0.1, 0.15) is 25.1 Å². The lowest BCUT2D eigenvalue weighted by Gasteiger charge is -2.23. The Labute approximate surface area is 100 Å². The summed E-state index contributed by atoms with van der Waals surface area (Å²) < 4.78 is 0. The highest BCUT2D eigenvalue weighted by Gasteiger charge is 2.16. The normalized spacial score (nSPS) is 12.0. The Kier molecular flexibility index (Phi) is 5.06. The van der Waals surface area contributed by atoms with Gasteiger partial charge < -0.3 is 10.4 Å². The van der Waals surface area contributed by atoms with Crippen molar-refractivity contribution in [2.45, 2.75) is 26.8 Å². The molecular weight excluding hydrogens is 230 g/mol. The number of aliphatic hydroxyl groups is 1. The van der Waals surface area contributed by atoms with Gasteiger partial charge in [-0.2, -0.15) is 0 Å². The maximum Gasteiger partial charge on any atom is 0.0516 e. The summed E-state index contributed by atoms with van der Waals surface area (Å²) in [5, 5.41) is 15.0. The number of nitrogens with one attached hydrogen (secondary N) is 1. The third kappa shape index (κ3) is 4.98. The predicted molar refractivity (Wildman–Crippen MR) is 66.5 cm³/mol. The molecule has 2 N–H and O–H groups in total. The van der Waals surface area contributed by atoms with Crippen molar-refractivity contribution >= 4 is 22.9 Å². The van der Waals surface area contributed by atoms with Gasteiger partial charge in [0.1, 0.15) is 0 Å². The molecule has 0 amide bonds. The van der Waals surface area contributed by atoms with Crippen molar-refractivity contribution in [2.24, 2.45) is 5.41 Å². The lowest BCUT2D eigenvalue weighted by molar-refractivity contribution is 0.207. The minimum Gasteiger partial charge on any atom is -0.396 e. The molecular formula is C11H18ClNOS. The van der Waals surface area contributed by atoms with Crippen LogP contribution in [-0.4, -0.2) is 18.3 Å². The van der Waals surface area contributed by atoms with Gasteiger partial charge in [-0.3, -0.25) is 0 Å². The van der Waals surface area contributed by atoms with Gasteiger partial charge in [0.2, 0.25) is 0 Å². The van der Waals surface area contributed by atoms with Crippen LogP contribution in [0, 0.1) is 5.41 Å². The Morgan fingerprint density at radius 2 is 2.27 bits per heavy atom. The maximum atomic E-state index is 8.88. The molecule has 1 heterocycles. The zero-order valence-corrected chi connectivity index (χ0v) is 10.8. The van der Waals surface area contributed by atoms with E-state index < -0.39 is 0 Å². The first-order valence-corrected chi connectivity index (χ1v) is 6.34. The first kappa shape index (κ1) is 13.0. The van der Waals surface area contributed by atoms with Crippen molar-refractivity contribution in [1.29, 1.82) is 0 Å². The van der Waals surface area contributed by atoms with Gasteiger partial charge >= 0.3 is 0 Å². The van der Waals surface area contributed by atoms with Crippen molar-refractivity contribution in [3.63, 3.8) is 0 Å². The van der Waals surface area contributed by atoms with Gasteiger partial charge in [-0.1, -0.05) is 25.4 Å². The summed E-state index contributed by atoms with van der Waals surface area (Å²) in [6, 6.07) is 1.98. The van der Waals surface area contributed by atoms with Gasteiger partial charge in [0.15, 0.2) is 0 Å². The van der Waals surface area contributed by atoms with Gasteiger partial charge in [0, 0.05) is 30.0 Å². The molecule has 1 rings (SSSR count). The second-order valence-electron chi connectivity index (χ2n) is 4.47. The van der Waals surface area contributed by atoms with E-state index in [1.165, 1.54) is 4.88 Å². The Morgan fingerprint density at radius 3 is 2.80 bits per heavy atom. The molecule has 15 heavy (non-hydrogen) atoms. The molecule has 0 spiro atoms. The number of halogens is 1. The topological polar surface area (TPSA) is 32.3 Å². The molecule has 1 aromatic rings. The molecule has 0 saturated heterocycles. The van der Waals surface area contributed by atoms with Crippen LogP contribution in [0.3, 0.4) is 0 Å². The van der Waals surface area contributed by atoms with Crippen molar-refractivity contribution in [2.75, 3.05) is 13.2 Å². The van der Waals surface area contributed by atoms with Crippen LogP contribution in [0.2, 0.25) is 5.02 Å². The van der Waals surface area contributed by atoms with Crippen LogP contribution in [0.15, 0.2) is 11.4 Å². The van der Waals surface area contributed by atoms with E-state index in [1.54, 1.807) is 11.3 Å². The highest BCUT2D eigenvalue weighted by molar-refractivity contribution is 7.10. The van der Waals surface area contributed by atoms with Crippen LogP contribution >= 0.6 is 22.9 Å². The van der Waals surface area contributed by atoms with Gasteiger partial charge in [0.05, 0.1) is 5.02 Å². The SMILES string of the molecule is CC(C)(CCO)CNCc1cc(Cl)cs1. The fourth-order valence-electron chi connectivity index (χ4n) is 1.36. The second kappa shape index (κ2) is 5.85. The van der Waals surface area contributed by atoms with E-state index in [-0.39, 0.29) is 12.0 Å². The molecule has 1 aromatic heterocycles. The summed E-state index contributed by atoms with van der Waals surface area (Å²) in [6.45, 7) is 6.31. The van der Waals surface area contributed by atoms with Gasteiger partial charge in [-0.15, -0.1) is 11.3 Å². The summed E-state index contributed by atoms with van der Waals surface area (Å²) in [5.74, 6) is 0. The molecule has 4 heteroatoms. The van der Waals surface area contributed by atoms with Gasteiger partial charge in [-0.25, -0.2) is 0 Å². The van der Waals surface area contributed by atoms with Gasteiger partial charge in [0.25, 0.3) is 0 Å². The maximum absolute atomic E-state index is 8.88. The fraction of sp³-hybridized carbons (Fsp3) is 0.636. The van der Waals surface area contributed by atoms with Crippen molar-refractivity contribution in [3.05, 3.63) is 21.3 Å². The molecule has 0 fully saturated rings. The van der Waals surface area contributed by atoms with Crippen LogP contribution in [0.5, 0.6) is 0 Å². The third-order valence-electron chi connectivity index (χ3n) is 2.31. The molecule has 0 radical (unpaired) electrons. The smallest absolute Gasteiger partial charge is 0.0516 e. The minimum absolute atomic E-state index is 0.149. The number of hydrogen-bond donors (Lipinski definition) is 2. The Morgan fingerprint density at radius 1 is 1.53 bits per heavy atom. The van der Waals surface area contributed by atoms with Crippen LogP contribution in [0.4, 0.5) is 0 Å². The van der Waals surface area contributed by atoms with Crippen molar-refractivity contribution < 1.29 is 5.11 Å². The molecule has 0 saturated carbocycles. The third-order valence-corrected chi connectivity index (χ3v) is 3.60. The van der Waals surface area contributed by atoms with E-state index >= 15 is 0 Å². The zero-order valence-electron chi connectivity index (χ0n) is 9.22. The van der Waals surface area contributed by atoms with E-state index in [1.807, 2.05) is 11.4 Å². The number of hydrogen-bond acceptors (Lipinski definition) is 3. The highest BCUT2D eigenvalue weighted by Crippen LogP contribution is 2.21. The quantitative estimate of drug-likeness (QED) is 0.810. The van der Waals surface area contributed by atoms with Crippen LogP contribution in [-0.2, 0) is 6.54 Å². The van der Waals surface area contributed by atoms with E-state index in [0.717, 1.165) is 24.5 Å². The number of aliphatic hydroxyl groups excluding tert-OH is 1. The summed E-state index contributed by atoms with van der Waals surface area (Å²) in [5.41, 5.74) is 0.149. The molecule has 0 aliphatic rings. The van der Waals surface area contributed by atoms with Crippen LogP contribution < -0.4 is 5.32 Å². The molecule has 0 unspecified atom stereocenters. The summed E-state index contributed by atoms with van der Waals surface area (Å²) in [6.07, 6.45) is 0.825. The second-order valence-corrected chi connectivity index (χ2v) is 5.90. The zero-order chi connectivity index (χ0) is 11.3. The molecule has 0 aromatic carbocycles. The van der Waals surface area contributed by atoms with E-state index in [9.17, 15) is 0 Å². The molecule has 0 aliphatic heterocycles. The van der Waals surface area contributed by atoms with E-state index in [0.29, 0.717) is 0 Å². The molecule has 0 bridgehead atoms. The Balaban J connectivity index is 2.27. The highest BCUT2D eigenvalue weighted by atomic mass is 35.5. The lowest BCUT2D eigenvalue weighted by atomic mass is 9.90. The molecule has 86 valence electrons. The summed E-state index contributed by atoms with van der Waals surface area (Å²) >= 11 is 7.50. The first-order valence-electron chi connectivity index (χ1n) is 5.08. The van der Waals surface area contributed by atoms with Gasteiger partial charge in [-0.05, 0) is 17.9 Å². The number of thiophene rings is 1. The number of rotatable bonds is 6. The van der Waals surface area contributed by atoms with Crippen LogP contribution in [0.25, 0.3) is 0 Å². The van der Waals surface area contributed by atoms with Crippen molar-refractivity contribution in [1.82, 2.24) is 5.32 Å². The van der Waals surface area contributed by atoms with Crippen molar-refractivity contribution in [3.8, 4) is 0 Å². The average molecular weight is 248 g/mol. The predicted octanol–water partition coefficient (Wildman–Crippen LogP) is 2.90. The minimum atomic E-state index is 0.149. The molecule has 0 atom stereocenters.